The van der Waals surface area contributed by atoms with Crippen LogP contribution in [-0.4, -0.2) is 48.9 Å². The molecule has 0 bridgehead atoms. The number of nitrogens with zero attached hydrogens (tertiary/aromatic N) is 2. The van der Waals surface area contributed by atoms with Crippen molar-refractivity contribution < 1.29 is 22.7 Å². The van der Waals surface area contributed by atoms with Crippen molar-refractivity contribution in [2.45, 2.75) is 12.8 Å². The van der Waals surface area contributed by atoms with Gasteiger partial charge in [-0.25, -0.2) is 4.39 Å². The van der Waals surface area contributed by atoms with Gasteiger partial charge in [-0.15, -0.1) is 0 Å². The first-order valence-electron chi connectivity index (χ1n) is 6.32. The maximum atomic E-state index is 13.1. The lowest BCUT2D eigenvalue weighted by Crippen LogP contribution is -2.49. The Morgan fingerprint density at radius 1 is 1.10 bits per heavy atom. The molecule has 1 aromatic carbocycles. The molecule has 0 aromatic heterocycles. The molecule has 3 nitrogen and oxygen atoms in total. The molecule has 1 aliphatic rings. The lowest BCUT2D eigenvalue weighted by Gasteiger charge is -2.37. The van der Waals surface area contributed by atoms with E-state index in [-0.39, 0.29) is 6.61 Å². The van der Waals surface area contributed by atoms with E-state index in [9.17, 15) is 22.7 Å². The summed E-state index contributed by atoms with van der Waals surface area (Å²) >= 11 is 0. The average Bonchev–Trinajstić information content (AvgIpc) is 2.38. The van der Waals surface area contributed by atoms with Crippen LogP contribution in [0.5, 0.6) is 0 Å². The van der Waals surface area contributed by atoms with Crippen LogP contribution in [0.1, 0.15) is 5.56 Å². The highest BCUT2D eigenvalue weighted by atomic mass is 19.4. The normalized spacial score (nSPS) is 17.6. The number of benzene rings is 1. The molecule has 1 fully saturated rings. The van der Waals surface area contributed by atoms with E-state index in [1.807, 2.05) is 4.90 Å². The number of anilines is 1. The van der Waals surface area contributed by atoms with Gasteiger partial charge in [0.1, 0.15) is 5.82 Å². The van der Waals surface area contributed by atoms with Gasteiger partial charge < -0.3 is 10.0 Å². The molecule has 20 heavy (non-hydrogen) atoms. The van der Waals surface area contributed by atoms with E-state index in [4.69, 9.17) is 0 Å². The summed E-state index contributed by atoms with van der Waals surface area (Å²) in [6.07, 6.45) is -4.19. The second-order valence-electron chi connectivity index (χ2n) is 4.81. The van der Waals surface area contributed by atoms with Crippen LogP contribution in [0.2, 0.25) is 0 Å². The molecule has 7 heteroatoms. The standard InChI is InChI=1S/C13H16F4N2O/c14-11-1-2-12(10(7-11)8-20)19-5-3-18(4-6-19)9-13(15,16)17/h1-2,7,20H,3-6,8-9H2. The van der Waals surface area contributed by atoms with Crippen LogP contribution >= 0.6 is 0 Å². The summed E-state index contributed by atoms with van der Waals surface area (Å²) in [5.74, 6) is -0.437. The molecular formula is C13H16F4N2O. The smallest absolute Gasteiger partial charge is 0.392 e. The van der Waals surface area contributed by atoms with E-state index in [1.54, 1.807) is 6.07 Å². The van der Waals surface area contributed by atoms with Gasteiger partial charge in [-0.1, -0.05) is 0 Å². The molecule has 1 N–H and O–H groups in total. The predicted molar refractivity (Wildman–Crippen MR) is 67.0 cm³/mol. The van der Waals surface area contributed by atoms with Gasteiger partial charge in [-0.3, -0.25) is 4.90 Å². The Balaban J connectivity index is 2.00. The Labute approximate surface area is 114 Å². The van der Waals surface area contributed by atoms with Crippen molar-refractivity contribution in [2.24, 2.45) is 0 Å². The summed E-state index contributed by atoms with van der Waals surface area (Å²) < 4.78 is 50.0. The maximum Gasteiger partial charge on any atom is 0.401 e. The first-order valence-corrected chi connectivity index (χ1v) is 6.32. The van der Waals surface area contributed by atoms with Crippen LogP contribution in [0.15, 0.2) is 18.2 Å². The topological polar surface area (TPSA) is 26.7 Å². The van der Waals surface area contributed by atoms with Crippen molar-refractivity contribution in [3.05, 3.63) is 29.6 Å². The molecular weight excluding hydrogens is 276 g/mol. The zero-order chi connectivity index (χ0) is 14.8. The van der Waals surface area contributed by atoms with Crippen molar-refractivity contribution in [3.8, 4) is 0 Å². The molecule has 0 saturated carbocycles. The molecule has 0 spiro atoms. The lowest BCUT2D eigenvalue weighted by molar-refractivity contribution is -0.146. The van der Waals surface area contributed by atoms with Gasteiger partial charge in [-0.2, -0.15) is 13.2 Å². The van der Waals surface area contributed by atoms with Crippen LogP contribution < -0.4 is 4.90 Å². The molecule has 1 saturated heterocycles. The van der Waals surface area contributed by atoms with Crippen molar-refractivity contribution in [3.63, 3.8) is 0 Å². The van der Waals surface area contributed by atoms with Gasteiger partial charge >= 0.3 is 6.18 Å². The van der Waals surface area contributed by atoms with E-state index in [1.165, 1.54) is 17.0 Å². The highest BCUT2D eigenvalue weighted by Crippen LogP contribution is 2.24. The Morgan fingerprint density at radius 3 is 2.30 bits per heavy atom. The summed E-state index contributed by atoms with van der Waals surface area (Å²) in [6, 6.07) is 4.09. The quantitative estimate of drug-likeness (QED) is 0.863. The Hall–Kier alpha value is -1.34. The number of aliphatic hydroxyl groups is 1. The molecule has 1 aromatic rings. The van der Waals surface area contributed by atoms with E-state index >= 15 is 0 Å². The molecule has 0 atom stereocenters. The van der Waals surface area contributed by atoms with Crippen molar-refractivity contribution in [2.75, 3.05) is 37.6 Å². The van der Waals surface area contributed by atoms with Crippen LogP contribution in [-0.2, 0) is 6.61 Å². The summed E-state index contributed by atoms with van der Waals surface area (Å²) in [7, 11) is 0. The molecule has 0 radical (unpaired) electrons. The summed E-state index contributed by atoms with van der Waals surface area (Å²) in [5, 5.41) is 9.23. The Bertz CT molecular complexity index is 456. The van der Waals surface area contributed by atoms with Crippen LogP contribution in [0.3, 0.4) is 0 Å². The van der Waals surface area contributed by atoms with Gasteiger partial charge in [0.2, 0.25) is 0 Å². The first-order chi connectivity index (χ1) is 9.39. The van der Waals surface area contributed by atoms with Crippen molar-refractivity contribution in [1.29, 1.82) is 0 Å². The van der Waals surface area contributed by atoms with Crippen LogP contribution in [0, 0.1) is 5.82 Å². The van der Waals surface area contributed by atoms with Crippen molar-refractivity contribution in [1.82, 2.24) is 4.90 Å². The minimum Gasteiger partial charge on any atom is -0.392 e. The number of rotatable bonds is 3. The fraction of sp³-hybridized carbons (Fsp3) is 0.538. The first kappa shape index (κ1) is 15.1. The van der Waals surface area contributed by atoms with Crippen LogP contribution in [0.4, 0.5) is 23.2 Å². The third-order valence-corrected chi connectivity index (χ3v) is 3.33. The lowest BCUT2D eigenvalue weighted by atomic mass is 10.1. The minimum absolute atomic E-state index is 0.293. The van der Waals surface area contributed by atoms with E-state index in [0.29, 0.717) is 37.4 Å². The van der Waals surface area contributed by atoms with Gasteiger partial charge in [0, 0.05) is 37.4 Å². The predicted octanol–water partition coefficient (Wildman–Crippen LogP) is 2.00. The number of piperazine rings is 1. The highest BCUT2D eigenvalue weighted by molar-refractivity contribution is 5.54. The van der Waals surface area contributed by atoms with E-state index in [2.05, 4.69) is 0 Å². The monoisotopic (exact) mass is 292 g/mol. The largest absolute Gasteiger partial charge is 0.401 e. The van der Waals surface area contributed by atoms with E-state index < -0.39 is 18.5 Å². The van der Waals surface area contributed by atoms with Crippen molar-refractivity contribution >= 4 is 5.69 Å². The third kappa shape index (κ3) is 3.83. The fourth-order valence-corrected chi connectivity index (χ4v) is 2.39. The van der Waals surface area contributed by atoms with Gasteiger partial charge in [-0.05, 0) is 18.2 Å². The van der Waals surface area contributed by atoms with Gasteiger partial charge in [0.15, 0.2) is 0 Å². The molecule has 0 unspecified atom stereocenters. The van der Waals surface area contributed by atoms with Gasteiger partial charge in [0.25, 0.3) is 0 Å². The summed E-state index contributed by atoms with van der Waals surface area (Å²) in [5.41, 5.74) is 1.13. The molecule has 0 amide bonds. The summed E-state index contributed by atoms with van der Waals surface area (Å²) in [6.45, 7) is 0.236. The number of aliphatic hydroxyl groups excluding tert-OH is 1. The molecule has 1 aliphatic heterocycles. The maximum absolute atomic E-state index is 13.1. The number of hydrogen-bond acceptors (Lipinski definition) is 3. The number of alkyl halides is 3. The number of hydrogen-bond donors (Lipinski definition) is 1. The highest BCUT2D eigenvalue weighted by Gasteiger charge is 2.32. The Morgan fingerprint density at radius 2 is 1.75 bits per heavy atom. The second-order valence-corrected chi connectivity index (χ2v) is 4.81. The second kappa shape index (κ2) is 5.97. The van der Waals surface area contributed by atoms with Gasteiger partial charge in [0.05, 0.1) is 13.2 Å². The zero-order valence-corrected chi connectivity index (χ0v) is 10.8. The van der Waals surface area contributed by atoms with Crippen LogP contribution in [0.25, 0.3) is 0 Å². The number of halogens is 4. The Kier molecular flexibility index (Phi) is 4.49. The zero-order valence-electron chi connectivity index (χ0n) is 10.8. The molecule has 0 aliphatic carbocycles. The molecule has 2 rings (SSSR count). The average molecular weight is 292 g/mol. The fourth-order valence-electron chi connectivity index (χ4n) is 2.39. The SMILES string of the molecule is OCc1cc(F)ccc1N1CCN(CC(F)(F)F)CC1. The summed E-state index contributed by atoms with van der Waals surface area (Å²) in [4.78, 5) is 3.22. The third-order valence-electron chi connectivity index (χ3n) is 3.33. The molecule has 1 heterocycles. The van der Waals surface area contributed by atoms with E-state index in [0.717, 1.165) is 0 Å². The molecule has 112 valence electrons. The minimum atomic E-state index is -4.19.